The second kappa shape index (κ2) is 8.68. The Morgan fingerprint density at radius 1 is 1.33 bits per heavy atom. The Kier molecular flexibility index (Phi) is 8.39. The first kappa shape index (κ1) is 11.6. The summed E-state index contributed by atoms with van der Waals surface area (Å²) in [5, 5.41) is 8.41. The van der Waals surface area contributed by atoms with Crippen LogP contribution in [-0.4, -0.2) is 30.7 Å². The van der Waals surface area contributed by atoms with E-state index >= 15 is 0 Å². The van der Waals surface area contributed by atoms with Crippen molar-refractivity contribution in [2.75, 3.05) is 19.8 Å². The summed E-state index contributed by atoms with van der Waals surface area (Å²) in [5.74, 6) is 0.292. The molecule has 0 radical (unpaired) electrons. The van der Waals surface area contributed by atoms with Crippen molar-refractivity contribution in [3.05, 3.63) is 0 Å². The van der Waals surface area contributed by atoms with Crippen molar-refractivity contribution in [3.63, 3.8) is 0 Å². The minimum atomic E-state index is 0.174. The molecule has 0 aliphatic heterocycles. The minimum Gasteiger partial charge on any atom is -0.396 e. The molecule has 0 aromatic carbocycles. The largest absolute Gasteiger partial charge is 0.396 e. The SMILES string of the molecule is CCC(=O)CCCOCCCO. The van der Waals surface area contributed by atoms with E-state index in [9.17, 15) is 4.79 Å². The number of carbonyl (C=O) groups excluding carboxylic acids is 1. The van der Waals surface area contributed by atoms with E-state index in [0.717, 1.165) is 6.42 Å². The maximum absolute atomic E-state index is 10.8. The van der Waals surface area contributed by atoms with Crippen LogP contribution in [0.1, 0.15) is 32.6 Å². The number of aliphatic hydroxyl groups is 1. The van der Waals surface area contributed by atoms with E-state index in [0.29, 0.717) is 38.3 Å². The first-order chi connectivity index (χ1) is 5.81. The molecule has 0 rings (SSSR count). The zero-order valence-electron chi connectivity index (χ0n) is 7.71. The average Bonchev–Trinajstić information content (AvgIpc) is 2.10. The molecule has 3 heteroatoms. The number of ketones is 1. The van der Waals surface area contributed by atoms with Crippen LogP contribution in [0.2, 0.25) is 0 Å². The summed E-state index contributed by atoms with van der Waals surface area (Å²) in [6, 6.07) is 0. The summed E-state index contributed by atoms with van der Waals surface area (Å²) in [5.41, 5.74) is 0. The fraction of sp³-hybridized carbons (Fsp3) is 0.889. The maximum Gasteiger partial charge on any atom is 0.132 e. The van der Waals surface area contributed by atoms with Crippen LogP contribution < -0.4 is 0 Å². The van der Waals surface area contributed by atoms with E-state index in [1.807, 2.05) is 6.92 Å². The number of aliphatic hydroxyl groups excluding tert-OH is 1. The van der Waals surface area contributed by atoms with Crippen molar-refractivity contribution in [2.24, 2.45) is 0 Å². The maximum atomic E-state index is 10.8. The molecule has 0 saturated heterocycles. The molecule has 0 saturated carbocycles. The summed E-state index contributed by atoms with van der Waals surface area (Å²) in [7, 11) is 0. The van der Waals surface area contributed by atoms with Gasteiger partial charge in [-0.15, -0.1) is 0 Å². The van der Waals surface area contributed by atoms with Crippen LogP contribution in [0.3, 0.4) is 0 Å². The first-order valence-corrected chi connectivity index (χ1v) is 4.51. The summed E-state index contributed by atoms with van der Waals surface area (Å²) < 4.78 is 5.16. The van der Waals surface area contributed by atoms with Gasteiger partial charge in [0.15, 0.2) is 0 Å². The number of Topliss-reactive ketones (excluding diaryl/α,β-unsaturated/α-hetero) is 1. The molecule has 0 heterocycles. The van der Waals surface area contributed by atoms with Crippen molar-refractivity contribution in [1.29, 1.82) is 0 Å². The highest BCUT2D eigenvalue weighted by Crippen LogP contribution is 1.95. The molecule has 3 nitrogen and oxygen atoms in total. The Bertz CT molecular complexity index is 112. The van der Waals surface area contributed by atoms with Gasteiger partial charge in [0.2, 0.25) is 0 Å². The van der Waals surface area contributed by atoms with E-state index in [2.05, 4.69) is 0 Å². The van der Waals surface area contributed by atoms with E-state index < -0.39 is 0 Å². The third kappa shape index (κ3) is 7.69. The molecule has 72 valence electrons. The lowest BCUT2D eigenvalue weighted by Gasteiger charge is -2.01. The van der Waals surface area contributed by atoms with Gasteiger partial charge >= 0.3 is 0 Å². The van der Waals surface area contributed by atoms with Crippen molar-refractivity contribution in [2.45, 2.75) is 32.6 Å². The Labute approximate surface area is 73.7 Å². The Morgan fingerprint density at radius 2 is 2.00 bits per heavy atom. The van der Waals surface area contributed by atoms with Gasteiger partial charge in [-0.25, -0.2) is 0 Å². The molecule has 1 N–H and O–H groups in total. The molecule has 0 unspecified atom stereocenters. The van der Waals surface area contributed by atoms with E-state index in [1.165, 1.54) is 0 Å². The van der Waals surface area contributed by atoms with Gasteiger partial charge in [0.25, 0.3) is 0 Å². The predicted molar refractivity (Wildman–Crippen MR) is 47.1 cm³/mol. The lowest BCUT2D eigenvalue weighted by molar-refractivity contribution is -0.119. The molecule has 0 atom stereocenters. The van der Waals surface area contributed by atoms with Crippen LogP contribution in [-0.2, 0) is 9.53 Å². The normalized spacial score (nSPS) is 10.2. The minimum absolute atomic E-state index is 0.174. The number of hydrogen-bond donors (Lipinski definition) is 1. The number of hydrogen-bond acceptors (Lipinski definition) is 3. The fourth-order valence-electron chi connectivity index (χ4n) is 0.817. The van der Waals surface area contributed by atoms with E-state index in [4.69, 9.17) is 9.84 Å². The smallest absolute Gasteiger partial charge is 0.132 e. The lowest BCUT2D eigenvalue weighted by Crippen LogP contribution is -2.02. The summed E-state index contributed by atoms with van der Waals surface area (Å²) in [6.07, 6.45) is 2.73. The van der Waals surface area contributed by atoms with Crippen molar-refractivity contribution < 1.29 is 14.6 Å². The second-order valence-electron chi connectivity index (χ2n) is 2.69. The van der Waals surface area contributed by atoms with Crippen LogP contribution in [0, 0.1) is 0 Å². The fourth-order valence-corrected chi connectivity index (χ4v) is 0.817. The molecule has 0 aliphatic carbocycles. The van der Waals surface area contributed by atoms with Gasteiger partial charge in [-0.3, -0.25) is 4.79 Å². The number of rotatable bonds is 8. The third-order valence-electron chi connectivity index (χ3n) is 1.59. The van der Waals surface area contributed by atoms with Crippen LogP contribution in [0.5, 0.6) is 0 Å². The second-order valence-corrected chi connectivity index (χ2v) is 2.69. The third-order valence-corrected chi connectivity index (χ3v) is 1.59. The zero-order valence-corrected chi connectivity index (χ0v) is 7.71. The summed E-state index contributed by atoms with van der Waals surface area (Å²) in [4.78, 5) is 10.8. The van der Waals surface area contributed by atoms with Gasteiger partial charge in [0.05, 0.1) is 0 Å². The molecular formula is C9H18O3. The van der Waals surface area contributed by atoms with Crippen molar-refractivity contribution >= 4 is 5.78 Å². The van der Waals surface area contributed by atoms with Crippen LogP contribution in [0.4, 0.5) is 0 Å². The van der Waals surface area contributed by atoms with E-state index in [1.54, 1.807) is 0 Å². The Hall–Kier alpha value is -0.410. The molecule has 0 aliphatic rings. The van der Waals surface area contributed by atoms with Crippen molar-refractivity contribution in [1.82, 2.24) is 0 Å². The lowest BCUT2D eigenvalue weighted by atomic mass is 10.2. The quantitative estimate of drug-likeness (QED) is 0.561. The van der Waals surface area contributed by atoms with Gasteiger partial charge < -0.3 is 9.84 Å². The van der Waals surface area contributed by atoms with Crippen molar-refractivity contribution in [3.8, 4) is 0 Å². The zero-order chi connectivity index (χ0) is 9.23. The highest BCUT2D eigenvalue weighted by atomic mass is 16.5. The molecule has 0 fully saturated rings. The Balaban J connectivity index is 2.95. The molecule has 0 spiro atoms. The Morgan fingerprint density at radius 3 is 2.58 bits per heavy atom. The highest BCUT2D eigenvalue weighted by molar-refractivity contribution is 5.77. The standard InChI is InChI=1S/C9H18O3/c1-2-9(11)5-3-7-12-8-4-6-10/h10H,2-8H2,1H3. The average molecular weight is 174 g/mol. The molecule has 0 aromatic heterocycles. The number of ether oxygens (including phenoxy) is 1. The molecular weight excluding hydrogens is 156 g/mol. The summed E-state index contributed by atoms with van der Waals surface area (Å²) in [6.45, 7) is 3.27. The molecule has 0 bridgehead atoms. The molecule has 0 amide bonds. The van der Waals surface area contributed by atoms with Gasteiger partial charge in [-0.05, 0) is 12.8 Å². The molecule has 0 aromatic rings. The topological polar surface area (TPSA) is 46.5 Å². The molecule has 12 heavy (non-hydrogen) atoms. The highest BCUT2D eigenvalue weighted by Gasteiger charge is 1.96. The van der Waals surface area contributed by atoms with E-state index in [-0.39, 0.29) is 6.61 Å². The van der Waals surface area contributed by atoms with Crippen LogP contribution in [0.25, 0.3) is 0 Å². The van der Waals surface area contributed by atoms with Gasteiger partial charge in [0.1, 0.15) is 5.78 Å². The van der Waals surface area contributed by atoms with Crippen LogP contribution in [0.15, 0.2) is 0 Å². The van der Waals surface area contributed by atoms with Gasteiger partial charge in [0, 0.05) is 32.7 Å². The van der Waals surface area contributed by atoms with Gasteiger partial charge in [-0.2, -0.15) is 0 Å². The number of carbonyl (C=O) groups is 1. The first-order valence-electron chi connectivity index (χ1n) is 4.51. The monoisotopic (exact) mass is 174 g/mol. The van der Waals surface area contributed by atoms with Gasteiger partial charge in [-0.1, -0.05) is 6.92 Å². The summed E-state index contributed by atoms with van der Waals surface area (Å²) >= 11 is 0. The predicted octanol–water partition coefficient (Wildman–Crippen LogP) is 1.14. The van der Waals surface area contributed by atoms with Crippen LogP contribution >= 0.6 is 0 Å².